The van der Waals surface area contributed by atoms with Crippen molar-refractivity contribution in [3.05, 3.63) is 103 Å². The number of carbonyl (C=O) groups is 2. The predicted molar refractivity (Wildman–Crippen MR) is 125 cm³/mol. The minimum atomic E-state index is -0.903. The number of amides is 1. The number of hydrogen-bond donors (Lipinski definition) is 1. The fraction of sp³-hybridized carbons (Fsp3) is 0.0870. The first-order chi connectivity index (χ1) is 15.3. The molecule has 4 rings (SSSR count). The fourth-order valence-corrected chi connectivity index (χ4v) is 4.16. The van der Waals surface area contributed by atoms with Crippen molar-refractivity contribution in [1.82, 2.24) is 9.88 Å². The third-order valence-corrected chi connectivity index (χ3v) is 6.55. The summed E-state index contributed by atoms with van der Waals surface area (Å²) in [7, 11) is 0. The van der Waals surface area contributed by atoms with E-state index < -0.39 is 17.7 Å². The van der Waals surface area contributed by atoms with Crippen LogP contribution in [0.5, 0.6) is 0 Å². The van der Waals surface area contributed by atoms with E-state index in [0.717, 1.165) is 0 Å². The number of hydrogen-bond acceptors (Lipinski definition) is 4. The summed E-state index contributed by atoms with van der Waals surface area (Å²) in [5.74, 6) is -1.95. The minimum absolute atomic E-state index is 0.0873. The smallest absolute Gasteiger partial charge is 0.295 e. The molecule has 0 radical (unpaired) electrons. The third-order valence-electron chi connectivity index (χ3n) is 5.07. The number of nitrogens with zero attached hydrogens (tertiary/aromatic N) is 2. The topological polar surface area (TPSA) is 70.5 Å². The van der Waals surface area contributed by atoms with Gasteiger partial charge in [0.25, 0.3) is 11.7 Å². The van der Waals surface area contributed by atoms with E-state index in [4.69, 9.17) is 46.4 Å². The highest BCUT2D eigenvalue weighted by molar-refractivity contribution is 6.47. The van der Waals surface area contributed by atoms with E-state index in [2.05, 4.69) is 4.98 Å². The number of carbonyl (C=O) groups excluding carboxylic acids is 2. The van der Waals surface area contributed by atoms with Gasteiger partial charge in [0, 0.05) is 24.5 Å². The SMILES string of the molecule is O=C1C(=O)N(Cc2cccnc2)C(c2ccc(Cl)c(Cl)c2)/C1=C(/O)c1ccc(Cl)c(Cl)c1. The van der Waals surface area contributed by atoms with Crippen LogP contribution in [0.1, 0.15) is 22.7 Å². The zero-order chi connectivity index (χ0) is 23.0. The molecule has 3 aromatic rings. The van der Waals surface area contributed by atoms with Crippen LogP contribution in [0.25, 0.3) is 5.76 Å². The van der Waals surface area contributed by atoms with Gasteiger partial charge in [-0.1, -0.05) is 58.5 Å². The Hall–Kier alpha value is -2.57. The Bertz CT molecular complexity index is 1260. The van der Waals surface area contributed by atoms with E-state index in [9.17, 15) is 14.7 Å². The Balaban J connectivity index is 1.90. The van der Waals surface area contributed by atoms with Gasteiger partial charge in [-0.25, -0.2) is 0 Å². The summed E-state index contributed by atoms with van der Waals surface area (Å²) in [4.78, 5) is 31.5. The van der Waals surface area contributed by atoms with Crippen molar-refractivity contribution in [1.29, 1.82) is 0 Å². The molecule has 1 aliphatic rings. The molecule has 1 amide bonds. The Morgan fingerprint density at radius 2 is 1.62 bits per heavy atom. The van der Waals surface area contributed by atoms with Crippen molar-refractivity contribution < 1.29 is 14.7 Å². The Kier molecular flexibility index (Phi) is 6.45. The van der Waals surface area contributed by atoms with Gasteiger partial charge in [0.1, 0.15) is 5.76 Å². The van der Waals surface area contributed by atoms with E-state index in [1.54, 1.807) is 42.7 Å². The molecule has 0 spiro atoms. The lowest BCUT2D eigenvalue weighted by Gasteiger charge is -2.25. The third kappa shape index (κ3) is 4.21. The van der Waals surface area contributed by atoms with Crippen LogP contribution in [0, 0.1) is 0 Å². The average Bonchev–Trinajstić information content (AvgIpc) is 3.02. The first kappa shape index (κ1) is 22.6. The maximum absolute atomic E-state index is 13.1. The molecule has 1 fully saturated rings. The first-order valence-corrected chi connectivity index (χ1v) is 10.9. The normalized spacial score (nSPS) is 17.8. The van der Waals surface area contributed by atoms with E-state index in [-0.39, 0.29) is 33.5 Å². The molecular formula is C23H14Cl4N2O3. The van der Waals surface area contributed by atoms with E-state index >= 15 is 0 Å². The van der Waals surface area contributed by atoms with Crippen LogP contribution < -0.4 is 0 Å². The highest BCUT2D eigenvalue weighted by Crippen LogP contribution is 2.42. The van der Waals surface area contributed by atoms with Crippen molar-refractivity contribution in [3.63, 3.8) is 0 Å². The molecule has 1 N–H and O–H groups in total. The zero-order valence-corrected chi connectivity index (χ0v) is 19.3. The number of aliphatic hydroxyl groups is 1. The van der Waals surface area contributed by atoms with Gasteiger partial charge in [0.15, 0.2) is 0 Å². The van der Waals surface area contributed by atoms with Gasteiger partial charge < -0.3 is 10.0 Å². The van der Waals surface area contributed by atoms with Gasteiger partial charge >= 0.3 is 0 Å². The number of benzene rings is 2. The molecular weight excluding hydrogens is 494 g/mol. The van der Waals surface area contributed by atoms with Crippen molar-refractivity contribution in [3.8, 4) is 0 Å². The summed E-state index contributed by atoms with van der Waals surface area (Å²) < 4.78 is 0. The molecule has 9 heteroatoms. The molecule has 1 unspecified atom stereocenters. The molecule has 2 aromatic carbocycles. The molecule has 5 nitrogen and oxygen atoms in total. The zero-order valence-electron chi connectivity index (χ0n) is 16.2. The summed E-state index contributed by atoms with van der Waals surface area (Å²) >= 11 is 24.3. The average molecular weight is 508 g/mol. The van der Waals surface area contributed by atoms with Crippen LogP contribution in [0.4, 0.5) is 0 Å². The van der Waals surface area contributed by atoms with Crippen molar-refractivity contribution >= 4 is 63.9 Å². The summed E-state index contributed by atoms with van der Waals surface area (Å²) in [5, 5.41) is 12.1. The summed E-state index contributed by atoms with van der Waals surface area (Å²) in [6.45, 7) is 0.0987. The maximum atomic E-state index is 13.1. The monoisotopic (exact) mass is 506 g/mol. The molecule has 1 atom stereocenters. The second kappa shape index (κ2) is 9.12. The Morgan fingerprint density at radius 1 is 0.938 bits per heavy atom. The highest BCUT2D eigenvalue weighted by Gasteiger charge is 2.46. The number of aliphatic hydroxyl groups excluding tert-OH is 1. The largest absolute Gasteiger partial charge is 0.507 e. The van der Waals surface area contributed by atoms with Gasteiger partial charge in [0.05, 0.1) is 31.7 Å². The van der Waals surface area contributed by atoms with E-state index in [1.807, 2.05) is 0 Å². The second-order valence-corrected chi connectivity index (χ2v) is 8.72. The first-order valence-electron chi connectivity index (χ1n) is 9.35. The molecule has 0 aliphatic carbocycles. The number of rotatable bonds is 4. The van der Waals surface area contributed by atoms with Crippen LogP contribution in [0.2, 0.25) is 20.1 Å². The summed E-state index contributed by atoms with van der Waals surface area (Å²) in [6.07, 6.45) is 3.21. The van der Waals surface area contributed by atoms with Gasteiger partial charge in [-0.3, -0.25) is 14.6 Å². The molecule has 162 valence electrons. The number of Topliss-reactive ketones (excluding diaryl/α,β-unsaturated/α-hetero) is 1. The standard InChI is InChI=1S/C23H14Cl4N2O3/c24-15-5-3-13(8-17(15)26)20-19(21(30)14-4-6-16(25)18(27)9-14)22(31)23(32)29(20)11-12-2-1-7-28-10-12/h1-10,20,30H,11H2/b21-19-. The van der Waals surface area contributed by atoms with Crippen molar-refractivity contribution in [2.24, 2.45) is 0 Å². The van der Waals surface area contributed by atoms with Crippen LogP contribution >= 0.6 is 46.4 Å². The molecule has 2 heterocycles. The molecule has 0 bridgehead atoms. The number of pyridine rings is 1. The Morgan fingerprint density at radius 3 is 2.25 bits per heavy atom. The predicted octanol–water partition coefficient (Wildman–Crippen LogP) is 6.32. The van der Waals surface area contributed by atoms with Gasteiger partial charge in [-0.15, -0.1) is 0 Å². The lowest BCUT2D eigenvalue weighted by Crippen LogP contribution is -2.29. The van der Waals surface area contributed by atoms with Crippen LogP contribution in [0.3, 0.4) is 0 Å². The van der Waals surface area contributed by atoms with Gasteiger partial charge in [-0.05, 0) is 47.5 Å². The van der Waals surface area contributed by atoms with E-state index in [0.29, 0.717) is 21.2 Å². The van der Waals surface area contributed by atoms with Gasteiger partial charge in [0.2, 0.25) is 0 Å². The van der Waals surface area contributed by atoms with E-state index in [1.165, 1.54) is 23.1 Å². The van der Waals surface area contributed by atoms with Crippen LogP contribution in [0.15, 0.2) is 66.5 Å². The minimum Gasteiger partial charge on any atom is -0.507 e. The molecule has 1 aliphatic heterocycles. The van der Waals surface area contributed by atoms with Crippen molar-refractivity contribution in [2.45, 2.75) is 12.6 Å². The van der Waals surface area contributed by atoms with Gasteiger partial charge in [-0.2, -0.15) is 0 Å². The van der Waals surface area contributed by atoms with Crippen molar-refractivity contribution in [2.75, 3.05) is 0 Å². The number of halogens is 4. The second-order valence-electron chi connectivity index (χ2n) is 7.09. The van der Waals surface area contributed by atoms with Crippen LogP contribution in [-0.2, 0) is 16.1 Å². The fourth-order valence-electron chi connectivity index (χ4n) is 3.56. The molecule has 32 heavy (non-hydrogen) atoms. The summed E-state index contributed by atoms with van der Waals surface area (Å²) in [5.41, 5.74) is 1.40. The summed E-state index contributed by atoms with van der Waals surface area (Å²) in [6, 6.07) is 11.9. The maximum Gasteiger partial charge on any atom is 0.295 e. The lowest BCUT2D eigenvalue weighted by atomic mass is 9.95. The number of likely N-dealkylation sites (tertiary alicyclic amines) is 1. The molecule has 0 saturated carbocycles. The lowest BCUT2D eigenvalue weighted by molar-refractivity contribution is -0.140. The number of aromatic nitrogens is 1. The molecule has 1 saturated heterocycles. The highest BCUT2D eigenvalue weighted by atomic mass is 35.5. The molecule has 1 aromatic heterocycles. The number of ketones is 1. The quantitative estimate of drug-likeness (QED) is 0.255. The Labute approximate surface area is 203 Å². The van der Waals surface area contributed by atoms with Crippen LogP contribution in [-0.4, -0.2) is 26.7 Å².